The minimum Gasteiger partial charge on any atom is -0.465 e. The van der Waals surface area contributed by atoms with Crippen molar-refractivity contribution in [1.82, 2.24) is 4.98 Å². The molecule has 98 valence electrons. The molecular formula is C12H17N3O3. The molecule has 0 saturated carbocycles. The summed E-state index contributed by atoms with van der Waals surface area (Å²) < 4.78 is 4.63. The van der Waals surface area contributed by atoms with Crippen LogP contribution in [-0.4, -0.2) is 30.5 Å². The highest BCUT2D eigenvalue weighted by atomic mass is 16.5. The zero-order valence-electron chi connectivity index (χ0n) is 10.5. The summed E-state index contributed by atoms with van der Waals surface area (Å²) in [7, 11) is 1.33. The number of hydrogen-bond acceptors (Lipinski definition) is 5. The van der Waals surface area contributed by atoms with Crippen LogP contribution >= 0.6 is 0 Å². The molecule has 1 aromatic rings. The first-order valence-electron chi connectivity index (χ1n) is 5.62. The first kappa shape index (κ1) is 14.0. The van der Waals surface area contributed by atoms with E-state index in [1.807, 2.05) is 0 Å². The number of pyridine rings is 1. The van der Waals surface area contributed by atoms with Crippen LogP contribution in [0.2, 0.25) is 0 Å². The molecule has 1 aromatic heterocycles. The number of nitrogens with two attached hydrogens (primary N) is 1. The number of aryl methyl sites for hydroxylation is 1. The second kappa shape index (κ2) is 6.58. The maximum Gasteiger partial charge on any atom is 0.339 e. The van der Waals surface area contributed by atoms with E-state index in [0.717, 1.165) is 0 Å². The van der Waals surface area contributed by atoms with E-state index in [1.165, 1.54) is 7.11 Å². The van der Waals surface area contributed by atoms with E-state index in [2.05, 4.69) is 15.0 Å². The van der Waals surface area contributed by atoms with Crippen LogP contribution in [0.3, 0.4) is 0 Å². The molecule has 18 heavy (non-hydrogen) atoms. The van der Waals surface area contributed by atoms with Gasteiger partial charge in [0.15, 0.2) is 0 Å². The van der Waals surface area contributed by atoms with Gasteiger partial charge in [-0.3, -0.25) is 4.79 Å². The van der Waals surface area contributed by atoms with E-state index >= 15 is 0 Å². The van der Waals surface area contributed by atoms with E-state index in [9.17, 15) is 9.59 Å². The van der Waals surface area contributed by atoms with E-state index < -0.39 is 5.97 Å². The predicted molar refractivity (Wildman–Crippen MR) is 67.2 cm³/mol. The molecule has 0 aliphatic carbocycles. The number of hydrogen-bond donors (Lipinski definition) is 2. The van der Waals surface area contributed by atoms with Crippen LogP contribution in [0.5, 0.6) is 0 Å². The number of aromatic nitrogens is 1. The standard InChI is InChI=1S/C12H17N3O3/c1-8-9(12(17)18-2)5-6-11(15-8)14-7-3-4-10(13)16/h5-6H,3-4,7H2,1-2H3,(H2,13,16)(H,14,15). The molecule has 0 bridgehead atoms. The van der Waals surface area contributed by atoms with E-state index in [-0.39, 0.29) is 5.91 Å². The fourth-order valence-electron chi connectivity index (χ4n) is 1.46. The Labute approximate surface area is 106 Å². The average molecular weight is 251 g/mol. The lowest BCUT2D eigenvalue weighted by Gasteiger charge is -2.08. The third kappa shape index (κ3) is 4.04. The maximum absolute atomic E-state index is 11.3. The summed E-state index contributed by atoms with van der Waals surface area (Å²) in [5, 5.41) is 3.05. The van der Waals surface area contributed by atoms with Crippen LogP contribution < -0.4 is 11.1 Å². The lowest BCUT2D eigenvalue weighted by molar-refractivity contribution is -0.118. The SMILES string of the molecule is COC(=O)c1ccc(NCCCC(N)=O)nc1C. The molecule has 0 aromatic carbocycles. The summed E-state index contributed by atoms with van der Waals surface area (Å²) in [4.78, 5) is 26.1. The maximum atomic E-state index is 11.3. The van der Waals surface area contributed by atoms with Crippen molar-refractivity contribution < 1.29 is 14.3 Å². The van der Waals surface area contributed by atoms with Gasteiger partial charge < -0.3 is 15.8 Å². The Hall–Kier alpha value is -2.11. The summed E-state index contributed by atoms with van der Waals surface area (Å²) in [5.41, 5.74) is 6.07. The molecule has 1 heterocycles. The fraction of sp³-hybridized carbons (Fsp3) is 0.417. The van der Waals surface area contributed by atoms with Crippen LogP contribution in [0, 0.1) is 6.92 Å². The summed E-state index contributed by atoms with van der Waals surface area (Å²) in [6.45, 7) is 2.34. The summed E-state index contributed by atoms with van der Waals surface area (Å²) in [5.74, 6) is -0.0631. The van der Waals surface area contributed by atoms with Gasteiger partial charge >= 0.3 is 5.97 Å². The lowest BCUT2D eigenvalue weighted by atomic mass is 10.2. The number of amides is 1. The molecule has 1 rings (SSSR count). The summed E-state index contributed by atoms with van der Waals surface area (Å²) in [6, 6.07) is 3.36. The number of rotatable bonds is 6. The number of primary amides is 1. The molecule has 0 radical (unpaired) electrons. The number of anilines is 1. The molecule has 0 spiro atoms. The van der Waals surface area contributed by atoms with Crippen LogP contribution in [0.4, 0.5) is 5.82 Å². The molecule has 0 aliphatic rings. The highest BCUT2D eigenvalue weighted by Crippen LogP contribution is 2.11. The average Bonchev–Trinajstić information content (AvgIpc) is 2.33. The third-order valence-corrected chi connectivity index (χ3v) is 2.40. The highest BCUT2D eigenvalue weighted by molar-refractivity contribution is 5.90. The topological polar surface area (TPSA) is 94.3 Å². The van der Waals surface area contributed by atoms with Crippen LogP contribution in [0.1, 0.15) is 28.9 Å². The van der Waals surface area contributed by atoms with Crippen molar-refractivity contribution in [3.63, 3.8) is 0 Å². The van der Waals surface area contributed by atoms with Gasteiger partial charge in [0.05, 0.1) is 18.4 Å². The highest BCUT2D eigenvalue weighted by Gasteiger charge is 2.10. The van der Waals surface area contributed by atoms with Gasteiger partial charge in [-0.25, -0.2) is 9.78 Å². The molecule has 6 nitrogen and oxygen atoms in total. The molecule has 0 unspecified atom stereocenters. The molecule has 0 atom stereocenters. The molecule has 6 heteroatoms. The zero-order valence-corrected chi connectivity index (χ0v) is 10.5. The molecule has 1 amide bonds. The minimum atomic E-state index is -0.403. The Morgan fingerprint density at radius 1 is 1.44 bits per heavy atom. The van der Waals surface area contributed by atoms with Crippen molar-refractivity contribution in [2.45, 2.75) is 19.8 Å². The van der Waals surface area contributed by atoms with E-state index in [1.54, 1.807) is 19.1 Å². The van der Waals surface area contributed by atoms with Gasteiger partial charge in [-0.15, -0.1) is 0 Å². The van der Waals surface area contributed by atoms with Gasteiger partial charge in [-0.05, 0) is 25.5 Å². The Morgan fingerprint density at radius 2 is 2.17 bits per heavy atom. The Kier molecular flexibility index (Phi) is 5.10. The first-order valence-corrected chi connectivity index (χ1v) is 5.62. The van der Waals surface area contributed by atoms with Crippen molar-refractivity contribution >= 4 is 17.7 Å². The Bertz CT molecular complexity index is 446. The fourth-order valence-corrected chi connectivity index (χ4v) is 1.46. The number of ether oxygens (including phenoxy) is 1. The van der Waals surface area contributed by atoms with Crippen LogP contribution in [0.15, 0.2) is 12.1 Å². The van der Waals surface area contributed by atoms with Gasteiger partial charge in [0, 0.05) is 13.0 Å². The number of nitrogens with zero attached hydrogens (tertiary/aromatic N) is 1. The van der Waals surface area contributed by atoms with Gasteiger partial charge in [-0.2, -0.15) is 0 Å². The van der Waals surface area contributed by atoms with Crippen molar-refractivity contribution in [3.8, 4) is 0 Å². The van der Waals surface area contributed by atoms with Crippen molar-refractivity contribution in [2.24, 2.45) is 5.73 Å². The molecular weight excluding hydrogens is 234 g/mol. The first-order chi connectivity index (χ1) is 8.54. The Morgan fingerprint density at radius 3 is 2.72 bits per heavy atom. The van der Waals surface area contributed by atoms with Gasteiger partial charge in [-0.1, -0.05) is 0 Å². The van der Waals surface area contributed by atoms with Crippen LogP contribution in [0.25, 0.3) is 0 Å². The molecule has 0 aliphatic heterocycles. The number of carbonyl (C=O) groups is 2. The smallest absolute Gasteiger partial charge is 0.339 e. The van der Waals surface area contributed by atoms with Gasteiger partial charge in [0.25, 0.3) is 0 Å². The monoisotopic (exact) mass is 251 g/mol. The van der Waals surface area contributed by atoms with Crippen molar-refractivity contribution in [1.29, 1.82) is 0 Å². The minimum absolute atomic E-state index is 0.318. The van der Waals surface area contributed by atoms with E-state index in [4.69, 9.17) is 5.73 Å². The summed E-state index contributed by atoms with van der Waals surface area (Å²) in [6.07, 6.45) is 0.987. The van der Waals surface area contributed by atoms with Gasteiger partial charge in [0.2, 0.25) is 5.91 Å². The number of carbonyl (C=O) groups excluding carboxylic acids is 2. The predicted octanol–water partition coefficient (Wildman–Crippen LogP) is 0.854. The van der Waals surface area contributed by atoms with Crippen LogP contribution in [-0.2, 0) is 9.53 Å². The van der Waals surface area contributed by atoms with Crippen molar-refractivity contribution in [3.05, 3.63) is 23.4 Å². The normalized spacial score (nSPS) is 9.89. The third-order valence-electron chi connectivity index (χ3n) is 2.40. The second-order valence-electron chi connectivity index (χ2n) is 3.82. The number of methoxy groups -OCH3 is 1. The number of esters is 1. The molecule has 0 saturated heterocycles. The van der Waals surface area contributed by atoms with Crippen molar-refractivity contribution in [2.75, 3.05) is 19.0 Å². The van der Waals surface area contributed by atoms with Gasteiger partial charge in [0.1, 0.15) is 5.82 Å². The lowest BCUT2D eigenvalue weighted by Crippen LogP contribution is -2.13. The van der Waals surface area contributed by atoms with E-state index in [0.29, 0.717) is 36.5 Å². The molecule has 0 fully saturated rings. The largest absolute Gasteiger partial charge is 0.465 e. The molecule has 3 N–H and O–H groups in total. The zero-order chi connectivity index (χ0) is 13.5. The quantitative estimate of drug-likeness (QED) is 0.577. The Balaban J connectivity index is 2.56. The second-order valence-corrected chi connectivity index (χ2v) is 3.82. The number of nitrogens with one attached hydrogen (secondary N) is 1. The summed E-state index contributed by atoms with van der Waals surface area (Å²) >= 11 is 0.